The lowest BCUT2D eigenvalue weighted by Crippen LogP contribution is -2.56. The van der Waals surface area contributed by atoms with Crippen molar-refractivity contribution in [3.05, 3.63) is 22.4 Å². The zero-order chi connectivity index (χ0) is 15.9. The Morgan fingerprint density at radius 1 is 1.32 bits per heavy atom. The van der Waals surface area contributed by atoms with Crippen LogP contribution in [0.15, 0.2) is 17.5 Å². The van der Waals surface area contributed by atoms with E-state index < -0.39 is 5.54 Å². The van der Waals surface area contributed by atoms with Crippen LogP contribution >= 0.6 is 11.3 Å². The highest BCUT2D eigenvalue weighted by Gasteiger charge is 2.53. The van der Waals surface area contributed by atoms with Gasteiger partial charge in [-0.1, -0.05) is 6.07 Å². The van der Waals surface area contributed by atoms with E-state index in [1.807, 2.05) is 25.3 Å². The van der Waals surface area contributed by atoms with E-state index in [4.69, 9.17) is 0 Å². The van der Waals surface area contributed by atoms with Gasteiger partial charge < -0.3 is 10.2 Å². The Bertz CT molecular complexity index is 604. The van der Waals surface area contributed by atoms with E-state index in [-0.39, 0.29) is 23.9 Å². The number of carbonyl (C=O) groups is 3. The van der Waals surface area contributed by atoms with Crippen LogP contribution < -0.4 is 5.32 Å². The maximum atomic E-state index is 12.6. The van der Waals surface area contributed by atoms with Crippen LogP contribution in [-0.2, 0) is 4.79 Å². The molecule has 1 spiro atoms. The Labute approximate surface area is 133 Å². The Kier molecular flexibility index (Phi) is 3.68. The van der Waals surface area contributed by atoms with Gasteiger partial charge in [0.15, 0.2) is 0 Å². The summed E-state index contributed by atoms with van der Waals surface area (Å²) in [6, 6.07) is 3.18. The fourth-order valence-electron chi connectivity index (χ4n) is 3.10. The van der Waals surface area contributed by atoms with Crippen LogP contribution in [0, 0.1) is 0 Å². The molecule has 6 nitrogen and oxygen atoms in total. The van der Waals surface area contributed by atoms with Gasteiger partial charge in [-0.3, -0.25) is 14.5 Å². The van der Waals surface area contributed by atoms with Crippen molar-refractivity contribution in [2.24, 2.45) is 0 Å². The van der Waals surface area contributed by atoms with E-state index in [9.17, 15) is 14.4 Å². The molecule has 2 fully saturated rings. The van der Waals surface area contributed by atoms with Crippen molar-refractivity contribution in [1.82, 2.24) is 15.1 Å². The molecule has 3 rings (SSSR count). The molecule has 22 heavy (non-hydrogen) atoms. The van der Waals surface area contributed by atoms with Gasteiger partial charge in [-0.25, -0.2) is 4.79 Å². The molecule has 1 N–H and O–H groups in total. The molecule has 2 aliphatic rings. The van der Waals surface area contributed by atoms with Crippen molar-refractivity contribution < 1.29 is 14.4 Å². The Morgan fingerprint density at radius 3 is 2.50 bits per heavy atom. The van der Waals surface area contributed by atoms with Crippen LogP contribution in [0.4, 0.5) is 4.79 Å². The van der Waals surface area contributed by atoms with E-state index in [1.165, 1.54) is 16.2 Å². The summed E-state index contributed by atoms with van der Waals surface area (Å²) in [5.41, 5.74) is -0.826. The van der Waals surface area contributed by atoms with Gasteiger partial charge in [-0.15, -0.1) is 11.3 Å². The van der Waals surface area contributed by atoms with Crippen molar-refractivity contribution in [2.45, 2.75) is 38.3 Å². The molecule has 0 saturated carbocycles. The summed E-state index contributed by atoms with van der Waals surface area (Å²) in [6.07, 6.45) is 0.940. The summed E-state index contributed by atoms with van der Waals surface area (Å²) in [5, 5.41) is 4.72. The van der Waals surface area contributed by atoms with Crippen molar-refractivity contribution in [2.75, 3.05) is 13.1 Å². The Morgan fingerprint density at radius 2 is 2.00 bits per heavy atom. The molecule has 1 aromatic rings. The normalized spacial score (nSPS) is 20.9. The lowest BCUT2D eigenvalue weighted by Gasteiger charge is -2.37. The molecule has 118 valence electrons. The van der Waals surface area contributed by atoms with Crippen LogP contribution in [0.5, 0.6) is 0 Å². The highest BCUT2D eigenvalue weighted by molar-refractivity contribution is 7.12. The molecule has 0 radical (unpaired) electrons. The lowest BCUT2D eigenvalue weighted by molar-refractivity contribution is -0.133. The molecule has 3 heterocycles. The third-order valence-corrected chi connectivity index (χ3v) is 5.20. The summed E-state index contributed by atoms with van der Waals surface area (Å²) in [5.74, 6) is -0.155. The maximum Gasteiger partial charge on any atom is 0.325 e. The van der Waals surface area contributed by atoms with Gasteiger partial charge in [0.1, 0.15) is 5.54 Å². The number of imide groups is 1. The van der Waals surface area contributed by atoms with E-state index >= 15 is 0 Å². The average Bonchev–Trinajstić information content (AvgIpc) is 3.07. The van der Waals surface area contributed by atoms with Crippen LogP contribution in [0.1, 0.15) is 36.4 Å². The molecule has 2 saturated heterocycles. The molecule has 4 amide bonds. The number of nitrogens with one attached hydrogen (secondary N) is 1. The Balaban J connectivity index is 1.70. The number of rotatable bonds is 2. The molecule has 0 bridgehead atoms. The fourth-order valence-corrected chi connectivity index (χ4v) is 3.79. The second-order valence-corrected chi connectivity index (χ2v) is 7.00. The molecule has 0 aliphatic carbocycles. The number of amides is 4. The number of hydrogen-bond donors (Lipinski definition) is 1. The van der Waals surface area contributed by atoms with Gasteiger partial charge in [0.2, 0.25) is 0 Å². The molecule has 0 aromatic carbocycles. The van der Waals surface area contributed by atoms with Gasteiger partial charge in [0.25, 0.3) is 11.8 Å². The number of urea groups is 1. The summed E-state index contributed by atoms with van der Waals surface area (Å²) >= 11 is 1.42. The van der Waals surface area contributed by atoms with E-state index in [2.05, 4.69) is 5.32 Å². The van der Waals surface area contributed by atoms with Gasteiger partial charge in [0, 0.05) is 19.1 Å². The van der Waals surface area contributed by atoms with E-state index in [0.29, 0.717) is 30.8 Å². The monoisotopic (exact) mass is 321 g/mol. The first-order valence-corrected chi connectivity index (χ1v) is 8.31. The number of piperidine rings is 1. The predicted octanol–water partition coefficient (Wildman–Crippen LogP) is 1.68. The minimum absolute atomic E-state index is 0.00216. The summed E-state index contributed by atoms with van der Waals surface area (Å²) in [7, 11) is 0. The lowest BCUT2D eigenvalue weighted by atomic mass is 9.87. The first kappa shape index (κ1) is 15.0. The third kappa shape index (κ3) is 2.29. The van der Waals surface area contributed by atoms with Crippen molar-refractivity contribution in [1.29, 1.82) is 0 Å². The zero-order valence-corrected chi connectivity index (χ0v) is 13.5. The van der Waals surface area contributed by atoms with Gasteiger partial charge in [-0.05, 0) is 38.1 Å². The topological polar surface area (TPSA) is 69.7 Å². The molecule has 1 aromatic heterocycles. The minimum atomic E-state index is -0.826. The van der Waals surface area contributed by atoms with Crippen LogP contribution in [0.25, 0.3) is 0 Å². The standard InChI is InChI=1S/C15H19N3O3S/c1-10(2)18-13(20)15(16-14(18)21)5-7-17(8-6-15)12(19)11-4-3-9-22-11/h3-4,9-10H,5-8H2,1-2H3,(H,16,21). The quantitative estimate of drug-likeness (QED) is 0.843. The summed E-state index contributed by atoms with van der Waals surface area (Å²) < 4.78 is 0. The highest BCUT2D eigenvalue weighted by atomic mass is 32.1. The van der Waals surface area contributed by atoms with Crippen molar-refractivity contribution in [3.63, 3.8) is 0 Å². The van der Waals surface area contributed by atoms with Crippen LogP contribution in [0.3, 0.4) is 0 Å². The molecule has 0 unspecified atom stereocenters. The van der Waals surface area contributed by atoms with Crippen LogP contribution in [-0.4, -0.2) is 52.3 Å². The number of hydrogen-bond acceptors (Lipinski definition) is 4. The first-order chi connectivity index (χ1) is 10.4. The number of thiophene rings is 1. The van der Waals surface area contributed by atoms with E-state index in [0.717, 1.165) is 0 Å². The first-order valence-electron chi connectivity index (χ1n) is 7.43. The number of carbonyl (C=O) groups excluding carboxylic acids is 3. The van der Waals surface area contributed by atoms with Gasteiger partial charge in [0.05, 0.1) is 4.88 Å². The highest BCUT2D eigenvalue weighted by Crippen LogP contribution is 2.31. The fraction of sp³-hybridized carbons (Fsp3) is 0.533. The Hall–Kier alpha value is -1.89. The second kappa shape index (κ2) is 5.39. The largest absolute Gasteiger partial charge is 0.338 e. The van der Waals surface area contributed by atoms with Crippen molar-refractivity contribution in [3.8, 4) is 0 Å². The molecule has 0 atom stereocenters. The predicted molar refractivity (Wildman–Crippen MR) is 82.7 cm³/mol. The smallest absolute Gasteiger partial charge is 0.325 e. The zero-order valence-electron chi connectivity index (χ0n) is 12.7. The van der Waals surface area contributed by atoms with Crippen LogP contribution in [0.2, 0.25) is 0 Å². The average molecular weight is 321 g/mol. The third-order valence-electron chi connectivity index (χ3n) is 4.35. The molecule has 7 heteroatoms. The molecular formula is C15H19N3O3S. The number of likely N-dealkylation sites (tertiary alicyclic amines) is 1. The van der Waals surface area contributed by atoms with Gasteiger partial charge in [-0.2, -0.15) is 0 Å². The maximum absolute atomic E-state index is 12.6. The number of nitrogens with zero attached hydrogens (tertiary/aromatic N) is 2. The van der Waals surface area contributed by atoms with E-state index in [1.54, 1.807) is 11.0 Å². The van der Waals surface area contributed by atoms with Gasteiger partial charge >= 0.3 is 6.03 Å². The molecular weight excluding hydrogens is 302 g/mol. The summed E-state index contributed by atoms with van der Waals surface area (Å²) in [4.78, 5) is 40.7. The molecule has 2 aliphatic heterocycles. The second-order valence-electron chi connectivity index (χ2n) is 6.05. The minimum Gasteiger partial charge on any atom is -0.338 e. The SMILES string of the molecule is CC(C)N1C(=O)NC2(CCN(C(=O)c3cccs3)CC2)C1=O. The van der Waals surface area contributed by atoms with Crippen molar-refractivity contribution >= 4 is 29.2 Å². The summed E-state index contributed by atoms with van der Waals surface area (Å²) in [6.45, 7) is 4.61.